The molecule has 19 nitrogen and oxygen atoms in total. The molecule has 1 aromatic carbocycles. The van der Waals surface area contributed by atoms with E-state index in [0.717, 1.165) is 11.1 Å². The van der Waals surface area contributed by atoms with Crippen LogP contribution >= 0.6 is 0 Å². The SMILES string of the molecule is CC(C)(C)OC(=O)NCCc1oc2nc1C(=O)NCc1cccc(c1)CNC(=O)c1nc(oc1CCNC(=O)OC(C)(C)C)-c1coc(n1)-c1cccc(n1)-c1nc-2co1. The summed E-state index contributed by atoms with van der Waals surface area (Å²) in [5.74, 6) is -0.450. The Morgan fingerprint density at radius 2 is 1.05 bits per heavy atom. The van der Waals surface area contributed by atoms with E-state index in [1.165, 1.54) is 12.5 Å². The molecule has 6 heterocycles. The van der Waals surface area contributed by atoms with Gasteiger partial charge in [0.05, 0.1) is 0 Å². The zero-order chi connectivity index (χ0) is 42.6. The normalized spacial score (nSPS) is 13.1. The van der Waals surface area contributed by atoms with Crippen molar-refractivity contribution in [1.29, 1.82) is 0 Å². The van der Waals surface area contributed by atoms with Crippen molar-refractivity contribution < 1.29 is 46.3 Å². The fourth-order valence-electron chi connectivity index (χ4n) is 5.83. The number of oxazole rings is 4. The molecular formula is C41H43N9O10. The Bertz CT molecular complexity index is 2370. The van der Waals surface area contributed by atoms with Crippen LogP contribution in [0.3, 0.4) is 0 Å². The molecule has 312 valence electrons. The van der Waals surface area contributed by atoms with Gasteiger partial charge >= 0.3 is 12.2 Å². The van der Waals surface area contributed by atoms with Gasteiger partial charge in [-0.25, -0.2) is 34.5 Å². The first kappa shape index (κ1) is 40.9. The van der Waals surface area contributed by atoms with Gasteiger partial charge in [-0.2, -0.15) is 0 Å². The van der Waals surface area contributed by atoms with Crippen LogP contribution in [0, 0.1) is 0 Å². The maximum Gasteiger partial charge on any atom is 0.407 e. The Morgan fingerprint density at radius 3 is 1.48 bits per heavy atom. The molecular weight excluding hydrogens is 779 g/mol. The second kappa shape index (κ2) is 16.9. The Labute approximate surface area is 343 Å². The maximum atomic E-state index is 13.7. The first-order chi connectivity index (χ1) is 28.6. The molecule has 0 aliphatic carbocycles. The van der Waals surface area contributed by atoms with E-state index in [9.17, 15) is 19.2 Å². The van der Waals surface area contributed by atoms with Crippen LogP contribution in [-0.2, 0) is 35.4 Å². The van der Waals surface area contributed by atoms with Gasteiger partial charge in [-0.15, -0.1) is 0 Å². The van der Waals surface area contributed by atoms with Crippen LogP contribution in [0.1, 0.15) is 85.2 Å². The predicted octanol–water partition coefficient (Wildman–Crippen LogP) is 6.01. The van der Waals surface area contributed by atoms with Gasteiger partial charge in [0.2, 0.25) is 23.6 Å². The van der Waals surface area contributed by atoms with Gasteiger partial charge in [0, 0.05) is 39.0 Å². The number of alkyl carbamates (subject to hydrolysis) is 2. The van der Waals surface area contributed by atoms with E-state index in [0.29, 0.717) is 11.4 Å². The highest BCUT2D eigenvalue weighted by Gasteiger charge is 2.26. The van der Waals surface area contributed by atoms with E-state index in [-0.39, 0.29) is 96.9 Å². The minimum atomic E-state index is -0.698. The molecule has 7 rings (SSSR count). The van der Waals surface area contributed by atoms with Crippen molar-refractivity contribution in [2.75, 3.05) is 13.1 Å². The molecule has 4 N–H and O–H groups in total. The number of hydrogen-bond donors (Lipinski definition) is 4. The molecule has 0 atom stereocenters. The third-order valence-corrected chi connectivity index (χ3v) is 8.40. The highest BCUT2D eigenvalue weighted by atomic mass is 16.6. The zero-order valence-electron chi connectivity index (χ0n) is 33.8. The van der Waals surface area contributed by atoms with Gasteiger partial charge in [-0.05, 0) is 64.8 Å². The van der Waals surface area contributed by atoms with Crippen molar-refractivity contribution in [3.63, 3.8) is 0 Å². The van der Waals surface area contributed by atoms with Crippen LogP contribution in [0.5, 0.6) is 0 Å². The van der Waals surface area contributed by atoms with Crippen molar-refractivity contribution >= 4 is 24.0 Å². The van der Waals surface area contributed by atoms with Crippen LogP contribution < -0.4 is 21.3 Å². The molecule has 6 aromatic rings. The number of rotatable bonds is 6. The van der Waals surface area contributed by atoms with Gasteiger partial charge < -0.3 is 48.4 Å². The van der Waals surface area contributed by atoms with E-state index in [2.05, 4.69) is 46.2 Å². The Hall–Kier alpha value is -7.31. The summed E-state index contributed by atoms with van der Waals surface area (Å²) in [6, 6.07) is 12.3. The smallest absolute Gasteiger partial charge is 0.407 e. The predicted molar refractivity (Wildman–Crippen MR) is 211 cm³/mol. The topological polar surface area (TPSA) is 252 Å². The minimum absolute atomic E-state index is 0.00780. The Morgan fingerprint density at radius 1 is 0.617 bits per heavy atom. The summed E-state index contributed by atoms with van der Waals surface area (Å²) in [5, 5.41) is 11.1. The van der Waals surface area contributed by atoms with Crippen molar-refractivity contribution in [2.45, 2.75) is 78.7 Å². The molecule has 0 unspecified atom stereocenters. The molecule has 1 aliphatic rings. The number of carbonyl (C=O) groups is 4. The van der Waals surface area contributed by atoms with Crippen molar-refractivity contribution in [3.8, 4) is 46.3 Å². The highest BCUT2D eigenvalue weighted by Crippen LogP contribution is 2.29. The van der Waals surface area contributed by atoms with Gasteiger partial charge in [-0.1, -0.05) is 30.3 Å². The summed E-state index contributed by atoms with van der Waals surface area (Å²) >= 11 is 0. The van der Waals surface area contributed by atoms with E-state index in [4.69, 9.17) is 27.1 Å². The van der Waals surface area contributed by atoms with Crippen LogP contribution in [0.4, 0.5) is 9.59 Å². The highest BCUT2D eigenvalue weighted by molar-refractivity contribution is 5.94. The number of amides is 4. The average molecular weight is 822 g/mol. The van der Waals surface area contributed by atoms with Crippen molar-refractivity contribution in [1.82, 2.24) is 46.2 Å². The molecule has 0 fully saturated rings. The zero-order valence-corrected chi connectivity index (χ0v) is 33.8. The van der Waals surface area contributed by atoms with Crippen LogP contribution in [0.25, 0.3) is 46.3 Å². The van der Waals surface area contributed by atoms with E-state index < -0.39 is 35.2 Å². The lowest BCUT2D eigenvalue weighted by atomic mass is 10.1. The monoisotopic (exact) mass is 821 g/mol. The lowest BCUT2D eigenvalue weighted by Gasteiger charge is -2.19. The van der Waals surface area contributed by atoms with Gasteiger partial charge in [0.15, 0.2) is 22.8 Å². The van der Waals surface area contributed by atoms with Gasteiger partial charge in [0.1, 0.15) is 46.6 Å². The Kier molecular flexibility index (Phi) is 11.5. The summed E-state index contributed by atoms with van der Waals surface area (Å²) in [6.45, 7) is 10.9. The van der Waals surface area contributed by atoms with Gasteiger partial charge in [0.25, 0.3) is 11.8 Å². The van der Waals surface area contributed by atoms with E-state index in [1.54, 1.807) is 65.8 Å². The number of aromatic nitrogens is 5. The summed E-state index contributed by atoms with van der Waals surface area (Å²) in [6.07, 6.45) is 1.61. The number of pyridine rings is 1. The van der Waals surface area contributed by atoms with Crippen LogP contribution in [0.15, 0.2) is 72.7 Å². The fourth-order valence-corrected chi connectivity index (χ4v) is 5.83. The van der Waals surface area contributed by atoms with Crippen LogP contribution in [0.2, 0.25) is 0 Å². The molecule has 19 heteroatoms. The number of nitrogens with one attached hydrogen (secondary N) is 4. The fraction of sp³-hybridized carbons (Fsp3) is 0.341. The second-order valence-electron chi connectivity index (χ2n) is 15.6. The maximum absolute atomic E-state index is 13.7. The number of ether oxygens (including phenoxy) is 2. The summed E-state index contributed by atoms with van der Waals surface area (Å²) < 4.78 is 34.3. The average Bonchev–Trinajstić information content (AvgIpc) is 4.01. The summed E-state index contributed by atoms with van der Waals surface area (Å²) in [4.78, 5) is 74.7. The lowest BCUT2D eigenvalue weighted by molar-refractivity contribution is 0.0516. The van der Waals surface area contributed by atoms with Crippen molar-refractivity contribution in [2.24, 2.45) is 0 Å². The largest absolute Gasteiger partial charge is 0.444 e. The van der Waals surface area contributed by atoms with E-state index >= 15 is 0 Å². The second-order valence-corrected chi connectivity index (χ2v) is 15.6. The third-order valence-electron chi connectivity index (χ3n) is 8.40. The van der Waals surface area contributed by atoms with E-state index in [1.807, 2.05) is 18.2 Å². The van der Waals surface area contributed by atoms with Crippen LogP contribution in [-0.4, -0.2) is 73.2 Å². The lowest BCUT2D eigenvalue weighted by Crippen LogP contribution is -2.33. The molecule has 4 amide bonds. The molecule has 0 saturated heterocycles. The number of nitrogens with zero attached hydrogens (tertiary/aromatic N) is 5. The summed E-state index contributed by atoms with van der Waals surface area (Å²) in [5.41, 5.74) is 1.06. The third kappa shape index (κ3) is 10.2. The molecule has 0 radical (unpaired) electrons. The molecule has 12 bridgehead atoms. The number of fused-ring (bicyclic) bond motifs is 16. The molecule has 5 aromatic heterocycles. The van der Waals surface area contributed by atoms with Crippen molar-refractivity contribution in [3.05, 3.63) is 89.0 Å². The molecule has 1 aliphatic heterocycles. The quantitative estimate of drug-likeness (QED) is 0.150. The number of benzene rings is 1. The van der Waals surface area contributed by atoms with Gasteiger partial charge in [-0.3, -0.25) is 9.59 Å². The summed E-state index contributed by atoms with van der Waals surface area (Å²) in [7, 11) is 0. The first-order valence-electron chi connectivity index (χ1n) is 19.0. The molecule has 0 saturated carbocycles. The minimum Gasteiger partial charge on any atom is -0.444 e. The molecule has 0 spiro atoms. The Balaban J connectivity index is 1.20. The number of hydrogen-bond acceptors (Lipinski definition) is 15. The first-order valence-corrected chi connectivity index (χ1v) is 19.0. The molecule has 60 heavy (non-hydrogen) atoms. The number of carbonyl (C=O) groups excluding carboxylic acids is 4. The standard InChI is InChI=1S/C41H43N9O10/c1-40(2,3)59-38(53)42-15-13-28-30-32(51)44-18-22-9-7-10-23(17-22)19-45-33(52)31-29(14-16-43-39(54)60-41(4,5)6)58-37(50-31)27-21-56-35(48-27)25-12-8-11-24(46-25)34-47-26(20-55-34)36(49-30)57-28/h7-12,17,20-21H,13-16,18-19H2,1-6H3,(H,42,53)(H,43,54)(H,44,51)(H,45,52).